The summed E-state index contributed by atoms with van der Waals surface area (Å²) in [7, 11) is 0. The van der Waals surface area contributed by atoms with Crippen molar-refractivity contribution in [2.24, 2.45) is 0 Å². The molecule has 3 rings (SSSR count). The van der Waals surface area contributed by atoms with Crippen molar-refractivity contribution in [2.75, 3.05) is 11.1 Å². The van der Waals surface area contributed by atoms with E-state index < -0.39 is 0 Å². The van der Waals surface area contributed by atoms with Gasteiger partial charge in [-0.15, -0.1) is 10.2 Å². The molecule has 0 fully saturated rings. The minimum atomic E-state index is -0.130. The Morgan fingerprint density at radius 3 is 2.50 bits per heavy atom. The van der Waals surface area contributed by atoms with E-state index in [0.717, 1.165) is 21.3 Å². The molecule has 0 aliphatic rings. The van der Waals surface area contributed by atoms with Crippen molar-refractivity contribution >= 4 is 39.3 Å². The second-order valence-electron chi connectivity index (χ2n) is 7.50. The van der Waals surface area contributed by atoms with E-state index in [1.807, 2.05) is 37.3 Å². The summed E-state index contributed by atoms with van der Waals surface area (Å²) in [5.41, 5.74) is 4.05. The highest BCUT2D eigenvalue weighted by molar-refractivity contribution is 9.10. The second kappa shape index (κ2) is 8.49. The normalized spacial score (nSPS) is 11.5. The predicted octanol–water partition coefficient (Wildman–Crippen LogP) is 5.84. The first-order valence-corrected chi connectivity index (χ1v) is 10.6. The Hall–Kier alpha value is -2.12. The number of thioether (sulfide) groups is 1. The van der Waals surface area contributed by atoms with Gasteiger partial charge in [0.25, 0.3) is 5.22 Å². The van der Waals surface area contributed by atoms with Gasteiger partial charge >= 0.3 is 0 Å². The van der Waals surface area contributed by atoms with E-state index in [-0.39, 0.29) is 17.1 Å². The minimum absolute atomic E-state index is 0.0920. The Kier molecular flexibility index (Phi) is 6.25. The fourth-order valence-electron chi connectivity index (χ4n) is 2.49. The number of benzene rings is 2. The van der Waals surface area contributed by atoms with Crippen molar-refractivity contribution in [1.82, 2.24) is 10.2 Å². The molecular weight excluding hydrogens is 438 g/mol. The minimum Gasteiger partial charge on any atom is -0.411 e. The third-order valence-electron chi connectivity index (χ3n) is 4.19. The fourth-order valence-corrected chi connectivity index (χ4v) is 3.43. The standard InChI is InChI=1S/C21H22BrN3O2S/c1-13-5-10-16(11-17(13)22)23-18(26)12-28-20-25-24-19(27-20)14-6-8-15(9-7-14)21(2,3)4/h5-11H,12H2,1-4H3,(H,23,26). The highest BCUT2D eigenvalue weighted by Gasteiger charge is 2.15. The molecule has 0 radical (unpaired) electrons. The molecule has 1 aromatic heterocycles. The van der Waals surface area contributed by atoms with Crippen LogP contribution >= 0.6 is 27.7 Å². The van der Waals surface area contributed by atoms with Gasteiger partial charge in [-0.1, -0.05) is 66.7 Å². The third-order valence-corrected chi connectivity index (χ3v) is 5.86. The Balaban J connectivity index is 1.58. The average molecular weight is 460 g/mol. The molecular formula is C21H22BrN3O2S. The first-order valence-electron chi connectivity index (χ1n) is 8.85. The maximum atomic E-state index is 12.2. The Labute approximate surface area is 177 Å². The van der Waals surface area contributed by atoms with E-state index in [1.165, 1.54) is 17.3 Å². The van der Waals surface area contributed by atoms with Crippen molar-refractivity contribution in [1.29, 1.82) is 0 Å². The van der Waals surface area contributed by atoms with Gasteiger partial charge in [-0.05, 0) is 47.7 Å². The van der Waals surface area contributed by atoms with E-state index in [9.17, 15) is 4.79 Å². The zero-order chi connectivity index (χ0) is 20.3. The number of nitrogens with zero attached hydrogens (tertiary/aromatic N) is 2. The van der Waals surface area contributed by atoms with Crippen LogP contribution in [0.2, 0.25) is 0 Å². The molecule has 2 aromatic carbocycles. The summed E-state index contributed by atoms with van der Waals surface area (Å²) in [5.74, 6) is 0.511. The number of anilines is 1. The number of carbonyl (C=O) groups excluding carboxylic acids is 1. The number of aromatic nitrogens is 2. The van der Waals surface area contributed by atoms with Gasteiger partial charge in [0, 0.05) is 15.7 Å². The van der Waals surface area contributed by atoms with Crippen LogP contribution in [0.25, 0.3) is 11.5 Å². The number of nitrogens with one attached hydrogen (secondary N) is 1. The van der Waals surface area contributed by atoms with Crippen LogP contribution in [0.1, 0.15) is 31.9 Å². The van der Waals surface area contributed by atoms with Crippen molar-refractivity contribution in [3.8, 4) is 11.5 Å². The van der Waals surface area contributed by atoms with Gasteiger partial charge < -0.3 is 9.73 Å². The van der Waals surface area contributed by atoms with Gasteiger partial charge in [0.05, 0.1) is 5.75 Å². The van der Waals surface area contributed by atoms with Crippen LogP contribution in [0.3, 0.4) is 0 Å². The molecule has 1 N–H and O–H groups in total. The number of hydrogen-bond donors (Lipinski definition) is 1. The molecule has 0 aliphatic carbocycles. The lowest BCUT2D eigenvalue weighted by molar-refractivity contribution is -0.113. The molecule has 0 bridgehead atoms. The van der Waals surface area contributed by atoms with Crippen LogP contribution in [0.4, 0.5) is 5.69 Å². The van der Waals surface area contributed by atoms with Gasteiger partial charge in [0.2, 0.25) is 11.8 Å². The largest absolute Gasteiger partial charge is 0.411 e. The topological polar surface area (TPSA) is 68.0 Å². The predicted molar refractivity (Wildman–Crippen MR) is 117 cm³/mol. The van der Waals surface area contributed by atoms with E-state index in [0.29, 0.717) is 11.1 Å². The van der Waals surface area contributed by atoms with Crippen LogP contribution < -0.4 is 5.32 Å². The molecule has 3 aromatic rings. The molecule has 0 aliphatic heterocycles. The zero-order valence-electron chi connectivity index (χ0n) is 16.2. The van der Waals surface area contributed by atoms with Crippen LogP contribution in [0, 0.1) is 6.92 Å². The molecule has 0 spiro atoms. The lowest BCUT2D eigenvalue weighted by Gasteiger charge is -2.18. The average Bonchev–Trinajstić information content (AvgIpc) is 3.12. The van der Waals surface area contributed by atoms with Gasteiger partial charge in [0.15, 0.2) is 0 Å². The van der Waals surface area contributed by atoms with Crippen molar-refractivity contribution in [3.63, 3.8) is 0 Å². The number of carbonyl (C=O) groups is 1. The van der Waals surface area contributed by atoms with Gasteiger partial charge in [0.1, 0.15) is 0 Å². The summed E-state index contributed by atoms with van der Waals surface area (Å²) in [5, 5.41) is 11.3. The van der Waals surface area contributed by atoms with Gasteiger partial charge in [-0.2, -0.15) is 0 Å². The smallest absolute Gasteiger partial charge is 0.277 e. The van der Waals surface area contributed by atoms with E-state index in [2.05, 4.69) is 64.3 Å². The Morgan fingerprint density at radius 2 is 1.86 bits per heavy atom. The highest BCUT2D eigenvalue weighted by atomic mass is 79.9. The molecule has 28 heavy (non-hydrogen) atoms. The highest BCUT2D eigenvalue weighted by Crippen LogP contribution is 2.27. The first kappa shape index (κ1) is 20.6. The van der Waals surface area contributed by atoms with Crippen LogP contribution in [0.15, 0.2) is 56.6 Å². The molecule has 1 heterocycles. The maximum absolute atomic E-state index is 12.2. The molecule has 0 saturated carbocycles. The Morgan fingerprint density at radius 1 is 1.14 bits per heavy atom. The van der Waals surface area contributed by atoms with Crippen molar-refractivity contribution < 1.29 is 9.21 Å². The lowest BCUT2D eigenvalue weighted by atomic mass is 9.87. The fraction of sp³-hybridized carbons (Fsp3) is 0.286. The molecule has 0 saturated heterocycles. The molecule has 0 unspecified atom stereocenters. The molecule has 1 amide bonds. The summed E-state index contributed by atoms with van der Waals surface area (Å²) in [6, 6.07) is 13.8. The van der Waals surface area contributed by atoms with Gasteiger partial charge in [-0.25, -0.2) is 0 Å². The molecule has 5 nitrogen and oxygen atoms in total. The van der Waals surface area contributed by atoms with E-state index >= 15 is 0 Å². The van der Waals surface area contributed by atoms with Crippen LogP contribution in [-0.2, 0) is 10.2 Å². The summed E-state index contributed by atoms with van der Waals surface area (Å²) in [4.78, 5) is 12.2. The lowest BCUT2D eigenvalue weighted by Crippen LogP contribution is -2.14. The monoisotopic (exact) mass is 459 g/mol. The maximum Gasteiger partial charge on any atom is 0.277 e. The zero-order valence-corrected chi connectivity index (χ0v) is 18.6. The van der Waals surface area contributed by atoms with Crippen LogP contribution in [-0.4, -0.2) is 21.9 Å². The summed E-state index contributed by atoms with van der Waals surface area (Å²) < 4.78 is 6.64. The summed E-state index contributed by atoms with van der Waals surface area (Å²) in [6.07, 6.45) is 0. The SMILES string of the molecule is Cc1ccc(NC(=O)CSc2nnc(-c3ccc(C(C)(C)C)cc3)o2)cc1Br. The number of aryl methyl sites for hydroxylation is 1. The number of rotatable bonds is 5. The van der Waals surface area contributed by atoms with E-state index in [4.69, 9.17) is 4.42 Å². The van der Waals surface area contributed by atoms with Crippen molar-refractivity contribution in [2.45, 2.75) is 38.3 Å². The van der Waals surface area contributed by atoms with Crippen LogP contribution in [0.5, 0.6) is 0 Å². The molecule has 7 heteroatoms. The van der Waals surface area contributed by atoms with Crippen molar-refractivity contribution in [3.05, 3.63) is 58.1 Å². The number of hydrogen-bond acceptors (Lipinski definition) is 5. The second-order valence-corrected chi connectivity index (χ2v) is 9.28. The number of halogens is 1. The first-order chi connectivity index (χ1) is 13.2. The molecule has 146 valence electrons. The number of amides is 1. The Bertz CT molecular complexity index is 978. The summed E-state index contributed by atoms with van der Waals surface area (Å²) in [6.45, 7) is 8.51. The third kappa shape index (κ3) is 5.23. The quantitative estimate of drug-likeness (QED) is 0.485. The van der Waals surface area contributed by atoms with Gasteiger partial charge in [-0.3, -0.25) is 4.79 Å². The van der Waals surface area contributed by atoms with E-state index in [1.54, 1.807) is 0 Å². The summed E-state index contributed by atoms with van der Waals surface area (Å²) >= 11 is 4.68. The molecule has 0 atom stereocenters.